The lowest BCUT2D eigenvalue weighted by Gasteiger charge is -2.29. The smallest absolute Gasteiger partial charge is 0.200 e. The van der Waals surface area contributed by atoms with Crippen LogP contribution in [0.2, 0.25) is 0 Å². The van der Waals surface area contributed by atoms with E-state index in [9.17, 15) is 13.2 Å². The maximum absolute atomic E-state index is 14.4. The van der Waals surface area contributed by atoms with E-state index in [0.29, 0.717) is 18.6 Å². The molecule has 0 heterocycles. The van der Waals surface area contributed by atoms with Crippen LogP contribution in [0.5, 0.6) is 5.75 Å². The number of rotatable bonds is 5. The Hall–Kier alpha value is -1.97. The summed E-state index contributed by atoms with van der Waals surface area (Å²) < 4.78 is 47.7. The van der Waals surface area contributed by atoms with Crippen LogP contribution in [0.15, 0.2) is 30.3 Å². The van der Waals surface area contributed by atoms with E-state index in [4.69, 9.17) is 4.74 Å². The molecule has 0 spiro atoms. The van der Waals surface area contributed by atoms with Crippen molar-refractivity contribution >= 4 is 0 Å². The van der Waals surface area contributed by atoms with Gasteiger partial charge in [0.05, 0.1) is 6.61 Å². The van der Waals surface area contributed by atoms with E-state index >= 15 is 0 Å². The van der Waals surface area contributed by atoms with Crippen LogP contribution in [0, 0.1) is 17.5 Å². The summed E-state index contributed by atoms with van der Waals surface area (Å²) in [5, 5.41) is 0. The maximum Gasteiger partial charge on any atom is 0.200 e. The first-order valence-corrected chi connectivity index (χ1v) is 9.44. The molecule has 140 valence electrons. The second-order valence-electron chi connectivity index (χ2n) is 6.97. The second-order valence-corrected chi connectivity index (χ2v) is 6.97. The summed E-state index contributed by atoms with van der Waals surface area (Å²) in [6.45, 7) is 3.98. The number of aryl methyl sites for hydroxylation is 1. The Balaban J connectivity index is 1.71. The van der Waals surface area contributed by atoms with Crippen molar-refractivity contribution in [2.45, 2.75) is 57.8 Å². The third-order valence-electron chi connectivity index (χ3n) is 5.47. The molecule has 1 saturated carbocycles. The quantitative estimate of drug-likeness (QED) is 0.589. The molecule has 0 unspecified atom stereocenters. The average Bonchev–Trinajstić information content (AvgIpc) is 2.66. The fourth-order valence-corrected chi connectivity index (χ4v) is 3.97. The fraction of sp³-hybridized carbons (Fsp3) is 0.455. The Morgan fingerprint density at radius 1 is 0.885 bits per heavy atom. The summed E-state index contributed by atoms with van der Waals surface area (Å²) in [5.41, 5.74) is 2.17. The van der Waals surface area contributed by atoms with Crippen molar-refractivity contribution in [2.24, 2.45) is 0 Å². The summed E-state index contributed by atoms with van der Waals surface area (Å²) in [5.74, 6) is -1.60. The second kappa shape index (κ2) is 8.15. The number of hydrogen-bond acceptors (Lipinski definition) is 1. The Labute approximate surface area is 153 Å². The van der Waals surface area contributed by atoms with Crippen molar-refractivity contribution in [1.82, 2.24) is 0 Å². The first-order chi connectivity index (χ1) is 12.5. The molecule has 0 N–H and O–H groups in total. The minimum atomic E-state index is -0.899. The van der Waals surface area contributed by atoms with Crippen LogP contribution in [0.3, 0.4) is 0 Å². The zero-order valence-electron chi connectivity index (χ0n) is 15.3. The van der Waals surface area contributed by atoms with Crippen LogP contribution in [0.25, 0.3) is 0 Å². The van der Waals surface area contributed by atoms with E-state index in [1.54, 1.807) is 19.1 Å². The minimum absolute atomic E-state index is 0.00353. The van der Waals surface area contributed by atoms with Gasteiger partial charge in [-0.05, 0) is 79.7 Å². The summed E-state index contributed by atoms with van der Waals surface area (Å²) >= 11 is 0. The number of benzene rings is 2. The van der Waals surface area contributed by atoms with Gasteiger partial charge in [0.25, 0.3) is 0 Å². The highest BCUT2D eigenvalue weighted by Gasteiger charge is 2.27. The summed E-state index contributed by atoms with van der Waals surface area (Å²) in [6, 6.07) is 8.66. The molecular formula is C22H25F3O. The lowest BCUT2D eigenvalue weighted by molar-refractivity contribution is 0.310. The zero-order chi connectivity index (χ0) is 18.7. The van der Waals surface area contributed by atoms with Crippen LogP contribution >= 0.6 is 0 Å². The Morgan fingerprint density at radius 3 is 2.19 bits per heavy atom. The predicted octanol–water partition coefficient (Wildman–Crippen LogP) is 6.51. The zero-order valence-corrected chi connectivity index (χ0v) is 15.3. The molecule has 0 saturated heterocycles. The van der Waals surface area contributed by atoms with Gasteiger partial charge < -0.3 is 4.74 Å². The van der Waals surface area contributed by atoms with E-state index < -0.39 is 11.6 Å². The van der Waals surface area contributed by atoms with Crippen LogP contribution in [-0.4, -0.2) is 6.61 Å². The molecule has 1 aliphatic rings. The van der Waals surface area contributed by atoms with Crippen molar-refractivity contribution in [1.29, 1.82) is 0 Å². The van der Waals surface area contributed by atoms with Gasteiger partial charge >= 0.3 is 0 Å². The number of halogens is 3. The van der Waals surface area contributed by atoms with Gasteiger partial charge in [-0.25, -0.2) is 8.78 Å². The van der Waals surface area contributed by atoms with Gasteiger partial charge in [-0.1, -0.05) is 25.1 Å². The Bertz CT molecular complexity index is 764. The van der Waals surface area contributed by atoms with Crippen LogP contribution < -0.4 is 4.74 Å². The molecule has 1 nitrogen and oxygen atoms in total. The van der Waals surface area contributed by atoms with E-state index in [2.05, 4.69) is 0 Å². The third kappa shape index (κ3) is 3.74. The molecule has 2 aromatic carbocycles. The lowest BCUT2D eigenvalue weighted by atomic mass is 9.76. The van der Waals surface area contributed by atoms with Crippen LogP contribution in [-0.2, 0) is 6.42 Å². The Kier molecular flexibility index (Phi) is 5.90. The average molecular weight is 362 g/mol. The van der Waals surface area contributed by atoms with Gasteiger partial charge in [-0.15, -0.1) is 0 Å². The molecular weight excluding hydrogens is 337 g/mol. The summed E-state index contributed by atoms with van der Waals surface area (Å²) in [6.07, 6.45) is 3.92. The molecule has 0 aliphatic heterocycles. The summed E-state index contributed by atoms with van der Waals surface area (Å²) in [7, 11) is 0. The highest BCUT2D eigenvalue weighted by atomic mass is 19.2. The first-order valence-electron chi connectivity index (χ1n) is 9.44. The van der Waals surface area contributed by atoms with Crippen molar-refractivity contribution in [3.8, 4) is 5.75 Å². The maximum atomic E-state index is 14.4. The molecule has 0 amide bonds. The third-order valence-corrected chi connectivity index (χ3v) is 5.47. The fourth-order valence-electron chi connectivity index (χ4n) is 3.97. The molecule has 0 atom stereocenters. The van der Waals surface area contributed by atoms with Gasteiger partial charge in [-0.3, -0.25) is 0 Å². The van der Waals surface area contributed by atoms with Gasteiger partial charge in [0.2, 0.25) is 5.82 Å². The van der Waals surface area contributed by atoms with Gasteiger partial charge in [-0.2, -0.15) is 4.39 Å². The van der Waals surface area contributed by atoms with Crippen LogP contribution in [0.4, 0.5) is 13.2 Å². The van der Waals surface area contributed by atoms with Crippen molar-refractivity contribution in [2.75, 3.05) is 6.61 Å². The van der Waals surface area contributed by atoms with Gasteiger partial charge in [0.15, 0.2) is 11.6 Å². The van der Waals surface area contributed by atoms with Crippen molar-refractivity contribution < 1.29 is 17.9 Å². The highest BCUT2D eigenvalue weighted by Crippen LogP contribution is 2.42. The molecule has 4 heteroatoms. The molecule has 0 aromatic heterocycles. The normalized spacial score (nSPS) is 20.2. The summed E-state index contributed by atoms with van der Waals surface area (Å²) in [4.78, 5) is 0. The lowest BCUT2D eigenvalue weighted by Crippen LogP contribution is -2.14. The number of hydrogen-bond donors (Lipinski definition) is 0. The molecule has 2 aromatic rings. The SMILES string of the molecule is CCOc1ccc(C2CCC(c3ccc(CC)c(F)c3)CC2)c(F)c1F. The molecule has 3 rings (SSSR count). The molecule has 0 bridgehead atoms. The predicted molar refractivity (Wildman–Crippen MR) is 97.3 cm³/mol. The number of ether oxygens (including phenoxy) is 1. The van der Waals surface area contributed by atoms with Crippen molar-refractivity contribution in [3.05, 3.63) is 64.5 Å². The molecule has 1 fully saturated rings. The topological polar surface area (TPSA) is 9.23 Å². The van der Waals surface area contributed by atoms with Gasteiger partial charge in [0.1, 0.15) is 5.82 Å². The van der Waals surface area contributed by atoms with E-state index in [1.165, 1.54) is 6.07 Å². The largest absolute Gasteiger partial charge is 0.491 e. The Morgan fingerprint density at radius 2 is 1.58 bits per heavy atom. The van der Waals surface area contributed by atoms with E-state index in [0.717, 1.165) is 36.8 Å². The van der Waals surface area contributed by atoms with E-state index in [1.807, 2.05) is 19.1 Å². The first kappa shape index (κ1) is 18.8. The standard InChI is InChI=1S/C22H25F3O/c1-3-14-5-10-17(13-19(14)23)15-6-8-16(9-7-15)18-11-12-20(26-4-2)22(25)21(18)24/h5,10-13,15-16H,3-4,6-9H2,1-2H3. The monoisotopic (exact) mass is 362 g/mol. The van der Waals surface area contributed by atoms with E-state index in [-0.39, 0.29) is 23.4 Å². The molecule has 0 radical (unpaired) electrons. The molecule has 26 heavy (non-hydrogen) atoms. The van der Waals surface area contributed by atoms with Crippen LogP contribution in [0.1, 0.15) is 68.1 Å². The highest BCUT2D eigenvalue weighted by molar-refractivity contribution is 5.34. The van der Waals surface area contributed by atoms with Gasteiger partial charge in [0, 0.05) is 0 Å². The van der Waals surface area contributed by atoms with Crippen molar-refractivity contribution in [3.63, 3.8) is 0 Å². The minimum Gasteiger partial charge on any atom is -0.491 e. The molecule has 1 aliphatic carbocycles.